The Kier molecular flexibility index (Phi) is 8.93. The van der Waals surface area contributed by atoms with Gasteiger partial charge in [-0.2, -0.15) is 0 Å². The second kappa shape index (κ2) is 9.41. The first-order valence-electron chi connectivity index (χ1n) is 6.18. The van der Waals surface area contributed by atoms with Gasteiger partial charge >= 0.3 is 0 Å². The fraction of sp³-hybridized carbons (Fsp3) is 0.600. The molecule has 1 atom stereocenters. The van der Waals surface area contributed by atoms with E-state index in [0.29, 0.717) is 0 Å². The zero-order valence-corrected chi connectivity index (χ0v) is 11.2. The highest BCUT2D eigenvalue weighted by atomic mass is 16.3. The molecule has 0 amide bonds. The van der Waals surface area contributed by atoms with Crippen molar-refractivity contribution in [2.24, 2.45) is 0 Å². The molecule has 0 aromatic carbocycles. The highest BCUT2D eigenvalue weighted by Gasteiger charge is 1.93. The molecule has 1 heteroatoms. The van der Waals surface area contributed by atoms with Crippen molar-refractivity contribution in [2.75, 3.05) is 0 Å². The van der Waals surface area contributed by atoms with Gasteiger partial charge in [0.05, 0.1) is 6.10 Å². The molecule has 1 nitrogen and oxygen atoms in total. The number of hydrogen-bond donors (Lipinski definition) is 1. The van der Waals surface area contributed by atoms with E-state index in [1.807, 2.05) is 6.08 Å². The van der Waals surface area contributed by atoms with Crippen molar-refractivity contribution in [1.29, 1.82) is 0 Å². The molecule has 0 heterocycles. The van der Waals surface area contributed by atoms with Gasteiger partial charge in [0.1, 0.15) is 0 Å². The van der Waals surface area contributed by atoms with Gasteiger partial charge in [-0.25, -0.2) is 0 Å². The molecule has 1 N–H and O–H groups in total. The highest BCUT2D eigenvalue weighted by Crippen LogP contribution is 2.10. The molecule has 0 saturated carbocycles. The molecule has 0 spiro atoms. The Balaban J connectivity index is 3.81. The van der Waals surface area contributed by atoms with Crippen molar-refractivity contribution in [3.63, 3.8) is 0 Å². The third kappa shape index (κ3) is 9.72. The summed E-state index contributed by atoms with van der Waals surface area (Å²) in [7, 11) is 0. The number of aliphatic hydroxyl groups excluding tert-OH is 1. The Morgan fingerprint density at radius 2 is 1.75 bits per heavy atom. The van der Waals surface area contributed by atoms with E-state index in [1.54, 1.807) is 6.92 Å². The smallest absolute Gasteiger partial charge is 0.0695 e. The average Bonchev–Trinajstić information content (AvgIpc) is 2.17. The van der Waals surface area contributed by atoms with Crippen LogP contribution < -0.4 is 0 Å². The average molecular weight is 222 g/mol. The first-order chi connectivity index (χ1) is 7.56. The summed E-state index contributed by atoms with van der Waals surface area (Å²) in [5, 5.41) is 9.18. The molecule has 1 unspecified atom stereocenters. The lowest BCUT2D eigenvalue weighted by molar-refractivity contribution is 0.243. The Morgan fingerprint density at radius 3 is 2.31 bits per heavy atom. The minimum atomic E-state index is -0.320. The number of aliphatic hydroxyl groups is 1. The van der Waals surface area contributed by atoms with Crippen LogP contribution >= 0.6 is 0 Å². The molecule has 0 aliphatic rings. The molecule has 0 aromatic rings. The zero-order valence-electron chi connectivity index (χ0n) is 11.2. The van der Waals surface area contributed by atoms with Crippen LogP contribution in [-0.2, 0) is 0 Å². The third-order valence-corrected chi connectivity index (χ3v) is 2.50. The largest absolute Gasteiger partial charge is 0.389 e. The van der Waals surface area contributed by atoms with Crippen LogP contribution in [0, 0.1) is 0 Å². The topological polar surface area (TPSA) is 20.2 Å². The van der Waals surface area contributed by atoms with Crippen molar-refractivity contribution >= 4 is 0 Å². The van der Waals surface area contributed by atoms with E-state index in [4.69, 9.17) is 0 Å². The molecular weight excluding hydrogens is 196 g/mol. The standard InChI is InChI=1S/C15H26O/c1-5-6-7-9-13(2)10-8-11-14(3)12-15(4)16/h5-6,10,12,15-16H,7-9,11H2,1-4H3/b6-5?,13-10+,14-12+. The van der Waals surface area contributed by atoms with Crippen LogP contribution in [0.2, 0.25) is 0 Å². The number of allylic oxidation sites excluding steroid dienone is 5. The molecular formula is C15H26O. The lowest BCUT2D eigenvalue weighted by Crippen LogP contribution is -1.94. The van der Waals surface area contributed by atoms with Crippen LogP contribution in [0.4, 0.5) is 0 Å². The molecule has 92 valence electrons. The Bertz CT molecular complexity index is 257. The van der Waals surface area contributed by atoms with Crippen molar-refractivity contribution in [3.05, 3.63) is 35.5 Å². The molecule has 0 aromatic heterocycles. The maximum absolute atomic E-state index is 9.18. The Labute approximate surface area is 101 Å². The van der Waals surface area contributed by atoms with Crippen LogP contribution in [0.5, 0.6) is 0 Å². The van der Waals surface area contributed by atoms with E-state index in [-0.39, 0.29) is 6.10 Å². The minimum absolute atomic E-state index is 0.320. The first-order valence-corrected chi connectivity index (χ1v) is 6.18. The van der Waals surface area contributed by atoms with Gasteiger partial charge in [0.25, 0.3) is 0 Å². The maximum atomic E-state index is 9.18. The fourth-order valence-corrected chi connectivity index (χ4v) is 1.62. The molecule has 0 aliphatic carbocycles. The van der Waals surface area contributed by atoms with E-state index in [9.17, 15) is 5.11 Å². The SMILES string of the molecule is CC=CCC/C(C)=C/CC/C(C)=C/C(C)O. The lowest BCUT2D eigenvalue weighted by atomic mass is 10.1. The predicted octanol–water partition coefficient (Wildman–Crippen LogP) is 4.40. The molecule has 0 fully saturated rings. The summed E-state index contributed by atoms with van der Waals surface area (Å²) >= 11 is 0. The molecule has 0 saturated heterocycles. The second-order valence-electron chi connectivity index (χ2n) is 4.45. The molecule has 0 bridgehead atoms. The highest BCUT2D eigenvalue weighted by molar-refractivity contribution is 5.05. The van der Waals surface area contributed by atoms with Gasteiger partial charge in [-0.3, -0.25) is 0 Å². The van der Waals surface area contributed by atoms with Crippen LogP contribution in [-0.4, -0.2) is 11.2 Å². The van der Waals surface area contributed by atoms with Gasteiger partial charge in [0.15, 0.2) is 0 Å². The van der Waals surface area contributed by atoms with Gasteiger partial charge < -0.3 is 5.11 Å². The molecule has 0 aliphatic heterocycles. The van der Waals surface area contributed by atoms with E-state index in [0.717, 1.165) is 25.7 Å². The van der Waals surface area contributed by atoms with E-state index in [1.165, 1.54) is 11.1 Å². The van der Waals surface area contributed by atoms with Crippen molar-refractivity contribution in [1.82, 2.24) is 0 Å². The van der Waals surface area contributed by atoms with Crippen molar-refractivity contribution in [2.45, 2.75) is 59.5 Å². The predicted molar refractivity (Wildman–Crippen MR) is 72.5 cm³/mol. The summed E-state index contributed by atoms with van der Waals surface area (Å²) in [5.74, 6) is 0. The summed E-state index contributed by atoms with van der Waals surface area (Å²) < 4.78 is 0. The number of rotatable bonds is 7. The van der Waals surface area contributed by atoms with Gasteiger partial charge in [0.2, 0.25) is 0 Å². The van der Waals surface area contributed by atoms with Crippen LogP contribution in [0.25, 0.3) is 0 Å². The Hall–Kier alpha value is -0.820. The van der Waals surface area contributed by atoms with Gasteiger partial charge in [0, 0.05) is 0 Å². The van der Waals surface area contributed by atoms with Crippen LogP contribution in [0.15, 0.2) is 35.5 Å². The van der Waals surface area contributed by atoms with Crippen LogP contribution in [0.1, 0.15) is 53.4 Å². The van der Waals surface area contributed by atoms with Crippen molar-refractivity contribution in [3.8, 4) is 0 Å². The quantitative estimate of drug-likeness (QED) is 0.633. The first kappa shape index (κ1) is 15.2. The summed E-state index contributed by atoms with van der Waals surface area (Å²) in [6, 6.07) is 0. The number of hydrogen-bond acceptors (Lipinski definition) is 1. The van der Waals surface area contributed by atoms with Gasteiger partial charge in [-0.1, -0.05) is 35.5 Å². The van der Waals surface area contributed by atoms with E-state index < -0.39 is 0 Å². The summed E-state index contributed by atoms with van der Waals surface area (Å²) in [4.78, 5) is 0. The molecule has 16 heavy (non-hydrogen) atoms. The summed E-state index contributed by atoms with van der Waals surface area (Å²) in [5.41, 5.74) is 2.73. The van der Waals surface area contributed by atoms with Gasteiger partial charge in [-0.05, 0) is 53.4 Å². The summed E-state index contributed by atoms with van der Waals surface area (Å²) in [6.45, 7) is 8.12. The molecule has 0 rings (SSSR count). The van der Waals surface area contributed by atoms with E-state index in [2.05, 4.69) is 39.0 Å². The summed E-state index contributed by atoms with van der Waals surface area (Å²) in [6.07, 6.45) is 12.6. The zero-order chi connectivity index (χ0) is 12.4. The minimum Gasteiger partial charge on any atom is -0.389 e. The maximum Gasteiger partial charge on any atom is 0.0695 e. The van der Waals surface area contributed by atoms with E-state index >= 15 is 0 Å². The van der Waals surface area contributed by atoms with Gasteiger partial charge in [-0.15, -0.1) is 0 Å². The normalized spacial score (nSPS) is 15.8. The third-order valence-electron chi connectivity index (χ3n) is 2.50. The second-order valence-corrected chi connectivity index (χ2v) is 4.45. The monoisotopic (exact) mass is 222 g/mol. The lowest BCUT2D eigenvalue weighted by Gasteiger charge is -2.02. The fourth-order valence-electron chi connectivity index (χ4n) is 1.62. The molecule has 0 radical (unpaired) electrons. The van der Waals surface area contributed by atoms with Crippen LogP contribution in [0.3, 0.4) is 0 Å². The van der Waals surface area contributed by atoms with Crippen molar-refractivity contribution < 1.29 is 5.11 Å². The Morgan fingerprint density at radius 1 is 1.12 bits per heavy atom.